The van der Waals surface area contributed by atoms with Gasteiger partial charge in [-0.05, 0) is 55.5 Å². The summed E-state index contributed by atoms with van der Waals surface area (Å²) in [5.41, 5.74) is 12.6. The fourth-order valence-corrected chi connectivity index (χ4v) is 4.48. The van der Waals surface area contributed by atoms with Crippen molar-refractivity contribution in [3.63, 3.8) is 0 Å². The number of hydrazine groups is 1. The van der Waals surface area contributed by atoms with Gasteiger partial charge >= 0.3 is 5.97 Å². The molecule has 1 aliphatic rings. The van der Waals surface area contributed by atoms with E-state index in [-0.39, 0.29) is 49.1 Å². The first-order valence-corrected chi connectivity index (χ1v) is 12.6. The number of hydrogen-bond donors (Lipinski definition) is 9. The second kappa shape index (κ2) is 13.2. The van der Waals surface area contributed by atoms with Crippen LogP contribution < -0.4 is 32.8 Å². The summed E-state index contributed by atoms with van der Waals surface area (Å²) >= 11 is 0. The molecular formula is C26H32N10O6. The van der Waals surface area contributed by atoms with E-state index in [2.05, 4.69) is 21.4 Å². The largest absolute Gasteiger partial charge is 0.480 e. The first-order chi connectivity index (χ1) is 19.8. The molecule has 3 amide bonds. The molecule has 42 heavy (non-hydrogen) atoms. The maximum Gasteiger partial charge on any atom is 0.323 e. The number of Topliss-reactive ketones (excluding diaryl/α,β-unsaturated/α-hetero) is 1. The van der Waals surface area contributed by atoms with Crippen LogP contribution in [0.25, 0.3) is 0 Å². The number of piperazine rings is 1. The van der Waals surface area contributed by atoms with Crippen LogP contribution in [0.4, 0.5) is 11.4 Å². The predicted octanol–water partition coefficient (Wildman–Crippen LogP) is -0.681. The van der Waals surface area contributed by atoms with Crippen molar-refractivity contribution >= 4 is 52.8 Å². The third-order valence-corrected chi connectivity index (χ3v) is 6.46. The number of nitrogens with zero attached hydrogens (tertiary/aromatic N) is 2. The lowest BCUT2D eigenvalue weighted by Crippen LogP contribution is -2.73. The van der Waals surface area contributed by atoms with Gasteiger partial charge in [0.05, 0.1) is 0 Å². The molecule has 1 unspecified atom stereocenters. The van der Waals surface area contributed by atoms with Gasteiger partial charge in [-0.3, -0.25) is 40.2 Å². The van der Waals surface area contributed by atoms with E-state index in [4.69, 9.17) is 22.3 Å². The average molecular weight is 581 g/mol. The minimum absolute atomic E-state index is 0.0626. The number of carbonyl (C=O) groups excluding carboxylic acids is 4. The molecule has 1 fully saturated rings. The summed E-state index contributed by atoms with van der Waals surface area (Å²) in [6, 6.07) is 12.0. The highest BCUT2D eigenvalue weighted by molar-refractivity contribution is 6.11. The molecule has 2 aromatic carbocycles. The van der Waals surface area contributed by atoms with Crippen molar-refractivity contribution in [2.75, 3.05) is 36.8 Å². The summed E-state index contributed by atoms with van der Waals surface area (Å²) in [6.07, 6.45) is -0.269. The van der Waals surface area contributed by atoms with Gasteiger partial charge in [-0.15, -0.1) is 0 Å². The van der Waals surface area contributed by atoms with Crippen LogP contribution in [-0.2, 0) is 14.4 Å². The third-order valence-electron chi connectivity index (χ3n) is 6.46. The average Bonchev–Trinajstić information content (AvgIpc) is 2.91. The lowest BCUT2D eigenvalue weighted by atomic mass is 9.86. The Labute approximate surface area is 240 Å². The number of rotatable bonds is 11. The lowest BCUT2D eigenvalue weighted by molar-refractivity contribution is -0.165. The van der Waals surface area contributed by atoms with Crippen LogP contribution in [-0.4, -0.2) is 88.1 Å². The second-order valence-corrected chi connectivity index (χ2v) is 9.37. The summed E-state index contributed by atoms with van der Waals surface area (Å²) in [4.78, 5) is 65.1. The first kappa shape index (κ1) is 31.0. The number of ketones is 1. The van der Waals surface area contributed by atoms with E-state index in [1.807, 2.05) is 0 Å². The Bertz CT molecular complexity index is 1400. The SMILES string of the molecule is CC(=O)C1(CCNC(=O)c2ccc(NC(=N)N)cc2)C(=O)N(CC(=O)O)CCN1NC(=O)c1ccc(NC(=N)N)cc1. The molecule has 0 aromatic heterocycles. The van der Waals surface area contributed by atoms with Crippen LogP contribution in [0.3, 0.4) is 0 Å². The molecule has 1 heterocycles. The maximum atomic E-state index is 13.6. The molecule has 1 aliphatic heterocycles. The quantitative estimate of drug-likeness (QED) is 0.0913. The number of benzene rings is 2. The van der Waals surface area contributed by atoms with Gasteiger partial charge in [0.25, 0.3) is 17.7 Å². The zero-order valence-electron chi connectivity index (χ0n) is 22.7. The number of guanidine groups is 2. The van der Waals surface area contributed by atoms with E-state index in [9.17, 15) is 29.1 Å². The number of nitrogens with two attached hydrogens (primary N) is 2. The van der Waals surface area contributed by atoms with Gasteiger partial charge in [0.15, 0.2) is 23.2 Å². The van der Waals surface area contributed by atoms with E-state index >= 15 is 0 Å². The summed E-state index contributed by atoms with van der Waals surface area (Å²) in [5.74, 6) is -4.45. The Balaban J connectivity index is 1.81. The van der Waals surface area contributed by atoms with Crippen LogP contribution in [0.5, 0.6) is 0 Å². The number of hydrogen-bond acceptors (Lipinski definition) is 8. The number of amides is 3. The summed E-state index contributed by atoms with van der Waals surface area (Å²) in [5, 5.41) is 32.9. The van der Waals surface area contributed by atoms with Gasteiger partial charge in [0, 0.05) is 48.6 Å². The van der Waals surface area contributed by atoms with Crippen molar-refractivity contribution in [1.29, 1.82) is 10.8 Å². The number of carboxylic acids is 1. The molecule has 0 bridgehead atoms. The molecule has 11 N–H and O–H groups in total. The highest BCUT2D eigenvalue weighted by atomic mass is 16.4. The molecule has 3 rings (SSSR count). The van der Waals surface area contributed by atoms with Crippen molar-refractivity contribution in [3.8, 4) is 0 Å². The number of nitrogens with one attached hydrogen (secondary N) is 6. The molecule has 16 heteroatoms. The van der Waals surface area contributed by atoms with Gasteiger partial charge in [0.1, 0.15) is 6.54 Å². The van der Waals surface area contributed by atoms with Crippen LogP contribution >= 0.6 is 0 Å². The van der Waals surface area contributed by atoms with Gasteiger partial charge in [-0.2, -0.15) is 5.01 Å². The van der Waals surface area contributed by atoms with E-state index in [1.54, 1.807) is 12.1 Å². The highest BCUT2D eigenvalue weighted by Gasteiger charge is 2.54. The molecule has 0 saturated carbocycles. The van der Waals surface area contributed by atoms with Crippen LogP contribution in [0.1, 0.15) is 34.1 Å². The Morgan fingerprint density at radius 2 is 1.38 bits per heavy atom. The number of aliphatic carboxylic acids is 1. The Hall–Kier alpha value is -5.51. The molecular weight excluding hydrogens is 548 g/mol. The second-order valence-electron chi connectivity index (χ2n) is 9.37. The van der Waals surface area contributed by atoms with Gasteiger partial charge in [-0.25, -0.2) is 0 Å². The number of carbonyl (C=O) groups is 5. The van der Waals surface area contributed by atoms with Crippen LogP contribution in [0.15, 0.2) is 48.5 Å². The zero-order chi connectivity index (χ0) is 31.0. The molecule has 16 nitrogen and oxygen atoms in total. The topological polar surface area (TPSA) is 260 Å². The molecule has 222 valence electrons. The third kappa shape index (κ3) is 7.36. The van der Waals surface area contributed by atoms with Gasteiger partial charge in [0.2, 0.25) is 0 Å². The molecule has 0 spiro atoms. The monoisotopic (exact) mass is 580 g/mol. The molecule has 2 aromatic rings. The van der Waals surface area contributed by atoms with E-state index in [0.717, 1.165) is 11.8 Å². The van der Waals surface area contributed by atoms with Crippen molar-refractivity contribution in [1.82, 2.24) is 20.7 Å². The number of anilines is 2. The molecule has 0 aliphatic carbocycles. The van der Waals surface area contributed by atoms with E-state index < -0.39 is 41.6 Å². The number of carboxylic acid groups (broad SMARTS) is 1. The van der Waals surface area contributed by atoms with E-state index in [1.165, 1.54) is 41.4 Å². The van der Waals surface area contributed by atoms with Crippen molar-refractivity contribution < 1.29 is 29.1 Å². The molecule has 1 atom stereocenters. The minimum atomic E-state index is -2.00. The fraction of sp³-hybridized carbons (Fsp3) is 0.269. The Morgan fingerprint density at radius 1 is 0.881 bits per heavy atom. The zero-order valence-corrected chi connectivity index (χ0v) is 22.7. The fourth-order valence-electron chi connectivity index (χ4n) is 4.48. The molecule has 0 radical (unpaired) electrons. The summed E-state index contributed by atoms with van der Waals surface area (Å²) < 4.78 is 0. The van der Waals surface area contributed by atoms with Crippen LogP contribution in [0.2, 0.25) is 0 Å². The van der Waals surface area contributed by atoms with Gasteiger partial charge in [-0.1, -0.05) is 0 Å². The standard InChI is InChI=1S/C26H32N10O6/c1-15(37)26(10-11-31-21(40)16-2-6-18(7-3-16)32-24(27)28)23(42)35(14-20(38)39)12-13-36(26)34-22(41)17-4-8-19(9-5-17)33-25(29)30/h2-9H,10-14H2,1H3,(H,31,40)(H,34,41)(H,38,39)(H4,27,28,32)(H4,29,30,33). The Morgan fingerprint density at radius 3 is 1.83 bits per heavy atom. The van der Waals surface area contributed by atoms with Crippen LogP contribution in [0, 0.1) is 10.8 Å². The Kier molecular flexibility index (Phi) is 9.77. The van der Waals surface area contributed by atoms with Crippen molar-refractivity contribution in [2.45, 2.75) is 18.9 Å². The lowest BCUT2D eigenvalue weighted by Gasteiger charge is -2.47. The maximum absolute atomic E-state index is 13.6. The first-order valence-electron chi connectivity index (χ1n) is 12.6. The minimum Gasteiger partial charge on any atom is -0.480 e. The smallest absolute Gasteiger partial charge is 0.323 e. The van der Waals surface area contributed by atoms with E-state index in [0.29, 0.717) is 11.4 Å². The predicted molar refractivity (Wildman–Crippen MR) is 153 cm³/mol. The summed E-state index contributed by atoms with van der Waals surface area (Å²) in [6.45, 7) is 0.206. The normalized spacial score (nSPS) is 16.7. The summed E-state index contributed by atoms with van der Waals surface area (Å²) in [7, 11) is 0. The van der Waals surface area contributed by atoms with Gasteiger partial charge < -0.3 is 37.4 Å². The van der Waals surface area contributed by atoms with Crippen molar-refractivity contribution in [2.24, 2.45) is 11.5 Å². The molecule has 1 saturated heterocycles. The highest BCUT2D eigenvalue weighted by Crippen LogP contribution is 2.27. The van der Waals surface area contributed by atoms with Crippen molar-refractivity contribution in [3.05, 3.63) is 59.7 Å².